The number of ether oxygens (including phenoxy) is 1. The average Bonchev–Trinajstić information content (AvgIpc) is 2.81. The summed E-state index contributed by atoms with van der Waals surface area (Å²) < 4.78 is 46.5. The van der Waals surface area contributed by atoms with Gasteiger partial charge in [-0.3, -0.25) is 4.79 Å². The molecule has 1 heterocycles. The molecule has 0 unspecified atom stereocenters. The van der Waals surface area contributed by atoms with Crippen molar-refractivity contribution in [2.75, 3.05) is 32.1 Å². The van der Waals surface area contributed by atoms with Crippen LogP contribution in [0.3, 0.4) is 0 Å². The second kappa shape index (κ2) is 8.45. The summed E-state index contributed by atoms with van der Waals surface area (Å²) in [4.78, 5) is 14.8. The van der Waals surface area contributed by atoms with E-state index in [-0.39, 0.29) is 23.8 Å². The van der Waals surface area contributed by atoms with Crippen LogP contribution in [-0.2, 0) is 17.4 Å². The van der Waals surface area contributed by atoms with Gasteiger partial charge in [0.25, 0.3) is 0 Å². The van der Waals surface area contributed by atoms with Gasteiger partial charge in [-0.1, -0.05) is 25.1 Å². The Bertz CT molecular complexity index is 865. The van der Waals surface area contributed by atoms with Crippen LogP contribution in [0.5, 0.6) is 5.75 Å². The summed E-state index contributed by atoms with van der Waals surface area (Å²) >= 11 is 0. The van der Waals surface area contributed by atoms with E-state index < -0.39 is 17.7 Å². The van der Waals surface area contributed by atoms with Crippen LogP contribution in [0.2, 0.25) is 0 Å². The second-order valence-corrected chi connectivity index (χ2v) is 7.27. The summed E-state index contributed by atoms with van der Waals surface area (Å²) in [6.45, 7) is 2.59. The molecule has 7 heteroatoms. The SMILES string of the molecule is CNCCN1C(=O)[C@H](C)[C@H](c2ccc(OC)cc2)Cc2c1cccc2C(F)(F)F. The van der Waals surface area contributed by atoms with Crippen LogP contribution < -0.4 is 15.0 Å². The third-order valence-electron chi connectivity index (χ3n) is 5.56. The monoisotopic (exact) mass is 406 g/mol. The fourth-order valence-electron chi connectivity index (χ4n) is 3.95. The lowest BCUT2D eigenvalue weighted by Gasteiger charge is -2.26. The van der Waals surface area contributed by atoms with E-state index in [9.17, 15) is 18.0 Å². The minimum absolute atomic E-state index is 0.139. The van der Waals surface area contributed by atoms with Gasteiger partial charge in [0.05, 0.1) is 12.7 Å². The molecule has 29 heavy (non-hydrogen) atoms. The Kier molecular flexibility index (Phi) is 6.17. The summed E-state index contributed by atoms with van der Waals surface area (Å²) in [5.74, 6) is -0.337. The van der Waals surface area contributed by atoms with E-state index in [1.54, 1.807) is 39.3 Å². The van der Waals surface area contributed by atoms with E-state index in [2.05, 4.69) is 5.32 Å². The average molecular weight is 406 g/mol. The van der Waals surface area contributed by atoms with Crippen LogP contribution in [0.25, 0.3) is 0 Å². The largest absolute Gasteiger partial charge is 0.497 e. The maximum absolute atomic E-state index is 13.8. The number of carbonyl (C=O) groups is 1. The lowest BCUT2D eigenvalue weighted by molar-refractivity contribution is -0.138. The number of hydrogen-bond acceptors (Lipinski definition) is 3. The van der Waals surface area contributed by atoms with Crippen molar-refractivity contribution in [1.29, 1.82) is 0 Å². The highest BCUT2D eigenvalue weighted by atomic mass is 19.4. The molecule has 0 bridgehead atoms. The predicted octanol–water partition coefficient (Wildman–Crippen LogP) is 4.24. The number of likely N-dealkylation sites (N-methyl/N-ethyl adjacent to an activating group) is 1. The van der Waals surface area contributed by atoms with Crippen molar-refractivity contribution in [1.82, 2.24) is 5.32 Å². The summed E-state index contributed by atoms with van der Waals surface area (Å²) in [5, 5.41) is 2.97. The minimum Gasteiger partial charge on any atom is -0.497 e. The van der Waals surface area contributed by atoms with E-state index in [4.69, 9.17) is 4.74 Å². The lowest BCUT2D eigenvalue weighted by Crippen LogP contribution is -2.40. The Morgan fingerprint density at radius 2 is 1.86 bits per heavy atom. The summed E-state index contributed by atoms with van der Waals surface area (Å²) in [6, 6.07) is 11.3. The van der Waals surface area contributed by atoms with Crippen LogP contribution >= 0.6 is 0 Å². The molecule has 1 N–H and O–H groups in total. The number of methoxy groups -OCH3 is 1. The zero-order valence-corrected chi connectivity index (χ0v) is 16.7. The molecular weight excluding hydrogens is 381 g/mol. The highest BCUT2D eigenvalue weighted by Crippen LogP contribution is 2.43. The molecule has 1 amide bonds. The van der Waals surface area contributed by atoms with E-state index in [0.29, 0.717) is 24.5 Å². The van der Waals surface area contributed by atoms with Crippen LogP contribution in [0.1, 0.15) is 29.5 Å². The molecule has 0 fully saturated rings. The number of alkyl halides is 3. The molecule has 1 aliphatic heterocycles. The van der Waals surface area contributed by atoms with E-state index in [1.165, 1.54) is 11.0 Å². The van der Waals surface area contributed by atoms with Crippen molar-refractivity contribution in [3.05, 3.63) is 59.2 Å². The quantitative estimate of drug-likeness (QED) is 0.808. The van der Waals surface area contributed by atoms with Gasteiger partial charge in [0.2, 0.25) is 5.91 Å². The molecule has 4 nitrogen and oxygen atoms in total. The Balaban J connectivity index is 2.14. The highest BCUT2D eigenvalue weighted by Gasteiger charge is 2.40. The topological polar surface area (TPSA) is 41.6 Å². The zero-order chi connectivity index (χ0) is 21.2. The molecule has 0 saturated carbocycles. The third kappa shape index (κ3) is 4.24. The number of amides is 1. The Hall–Kier alpha value is -2.54. The number of hydrogen-bond donors (Lipinski definition) is 1. The van der Waals surface area contributed by atoms with E-state index >= 15 is 0 Å². The Morgan fingerprint density at radius 1 is 1.17 bits per heavy atom. The van der Waals surface area contributed by atoms with Crippen LogP contribution in [0.4, 0.5) is 18.9 Å². The first-order valence-electron chi connectivity index (χ1n) is 9.57. The first-order valence-corrected chi connectivity index (χ1v) is 9.57. The molecule has 156 valence electrons. The van der Waals surface area contributed by atoms with Gasteiger partial charge in [-0.05, 0) is 54.8 Å². The summed E-state index contributed by atoms with van der Waals surface area (Å²) in [7, 11) is 3.30. The van der Waals surface area contributed by atoms with Crippen molar-refractivity contribution in [2.45, 2.75) is 25.4 Å². The lowest BCUT2D eigenvalue weighted by atomic mass is 9.82. The van der Waals surface area contributed by atoms with Gasteiger partial charge in [-0.25, -0.2) is 0 Å². The van der Waals surface area contributed by atoms with Gasteiger partial charge in [0.1, 0.15) is 5.75 Å². The number of carbonyl (C=O) groups excluding carboxylic acids is 1. The van der Waals surface area contributed by atoms with Gasteiger partial charge < -0.3 is 15.0 Å². The molecule has 2 aromatic carbocycles. The molecule has 0 saturated heterocycles. The third-order valence-corrected chi connectivity index (χ3v) is 5.56. The first kappa shape index (κ1) is 21.2. The number of nitrogens with one attached hydrogen (secondary N) is 1. The van der Waals surface area contributed by atoms with Gasteiger partial charge in [-0.15, -0.1) is 0 Å². The molecule has 3 rings (SSSR count). The van der Waals surface area contributed by atoms with E-state index in [0.717, 1.165) is 11.6 Å². The normalized spacial score (nSPS) is 19.7. The second-order valence-electron chi connectivity index (χ2n) is 7.27. The minimum atomic E-state index is -4.49. The van der Waals surface area contributed by atoms with Crippen LogP contribution in [-0.4, -0.2) is 33.2 Å². The fraction of sp³-hybridized carbons (Fsp3) is 0.409. The molecule has 1 aliphatic rings. The molecule has 0 radical (unpaired) electrons. The van der Waals surface area contributed by atoms with Crippen LogP contribution in [0, 0.1) is 5.92 Å². The predicted molar refractivity (Wildman–Crippen MR) is 106 cm³/mol. The number of benzene rings is 2. The number of anilines is 1. The van der Waals surface area contributed by atoms with Crippen molar-refractivity contribution < 1.29 is 22.7 Å². The molecule has 2 aromatic rings. The number of fused-ring (bicyclic) bond motifs is 1. The maximum Gasteiger partial charge on any atom is 0.416 e. The molecule has 0 aliphatic carbocycles. The standard InChI is InChI=1S/C22H25F3N2O2/c1-14-17(15-7-9-16(29-3)10-8-15)13-18-19(22(23,24)25)5-4-6-20(18)27(21(14)28)12-11-26-2/h4-10,14,17,26H,11-13H2,1-3H3/t14-,17-/m1/s1. The van der Waals surface area contributed by atoms with Gasteiger partial charge in [0.15, 0.2) is 0 Å². The van der Waals surface area contributed by atoms with Gasteiger partial charge >= 0.3 is 6.18 Å². The molecule has 0 aromatic heterocycles. The number of rotatable bonds is 5. The molecular formula is C22H25F3N2O2. The Morgan fingerprint density at radius 3 is 2.45 bits per heavy atom. The number of nitrogens with zero attached hydrogens (tertiary/aromatic N) is 1. The van der Waals surface area contributed by atoms with Crippen molar-refractivity contribution in [3.63, 3.8) is 0 Å². The van der Waals surface area contributed by atoms with Crippen molar-refractivity contribution in [2.24, 2.45) is 5.92 Å². The highest BCUT2D eigenvalue weighted by molar-refractivity contribution is 5.97. The number of halogens is 3. The van der Waals surface area contributed by atoms with E-state index in [1.807, 2.05) is 12.1 Å². The van der Waals surface area contributed by atoms with Crippen molar-refractivity contribution in [3.8, 4) is 5.75 Å². The first-order chi connectivity index (χ1) is 13.8. The Labute approximate surface area is 168 Å². The smallest absolute Gasteiger partial charge is 0.416 e. The van der Waals surface area contributed by atoms with Crippen molar-refractivity contribution >= 4 is 11.6 Å². The molecule has 2 atom stereocenters. The van der Waals surface area contributed by atoms with Gasteiger partial charge in [-0.2, -0.15) is 13.2 Å². The zero-order valence-electron chi connectivity index (χ0n) is 16.7. The summed E-state index contributed by atoms with van der Waals surface area (Å²) in [5.41, 5.74) is 0.674. The molecule has 0 spiro atoms. The van der Waals surface area contributed by atoms with Crippen LogP contribution in [0.15, 0.2) is 42.5 Å². The fourth-order valence-corrected chi connectivity index (χ4v) is 3.95. The maximum atomic E-state index is 13.8. The summed E-state index contributed by atoms with van der Waals surface area (Å²) in [6.07, 6.45) is -4.35. The van der Waals surface area contributed by atoms with Gasteiger partial charge in [0, 0.05) is 24.7 Å².